The fourth-order valence-corrected chi connectivity index (χ4v) is 1.94. The molecule has 15 heavy (non-hydrogen) atoms. The maximum absolute atomic E-state index is 11.0. The molecule has 0 bridgehead atoms. The summed E-state index contributed by atoms with van der Waals surface area (Å²) in [5, 5.41) is 12.3. The molecule has 1 aliphatic carbocycles. The Labute approximate surface area is 89.1 Å². The zero-order chi connectivity index (χ0) is 10.9. The Morgan fingerprint density at radius 3 is 2.60 bits per heavy atom. The van der Waals surface area contributed by atoms with Crippen LogP contribution in [0.4, 0.5) is 5.69 Å². The Morgan fingerprint density at radius 2 is 2.07 bits per heavy atom. The highest BCUT2D eigenvalue weighted by atomic mass is 16.4. The van der Waals surface area contributed by atoms with E-state index in [0.29, 0.717) is 5.56 Å². The van der Waals surface area contributed by atoms with E-state index in [1.165, 1.54) is 6.42 Å². The van der Waals surface area contributed by atoms with E-state index in [1.54, 1.807) is 12.1 Å². The van der Waals surface area contributed by atoms with Crippen molar-refractivity contribution in [2.45, 2.75) is 31.7 Å². The summed E-state index contributed by atoms with van der Waals surface area (Å²) in [6, 6.07) is 7.06. The van der Waals surface area contributed by atoms with Crippen molar-refractivity contribution in [2.24, 2.45) is 0 Å². The summed E-state index contributed by atoms with van der Waals surface area (Å²) in [7, 11) is 0. The van der Waals surface area contributed by atoms with Gasteiger partial charge in [-0.2, -0.15) is 0 Å². The molecule has 0 radical (unpaired) electrons. The summed E-state index contributed by atoms with van der Waals surface area (Å²) in [6.45, 7) is 2.13. The quantitative estimate of drug-likeness (QED) is 0.797. The first kappa shape index (κ1) is 10.0. The van der Waals surface area contributed by atoms with Gasteiger partial charge in [-0.15, -0.1) is 0 Å². The fraction of sp³-hybridized carbons (Fsp3) is 0.417. The van der Waals surface area contributed by atoms with E-state index >= 15 is 0 Å². The number of hydrogen-bond donors (Lipinski definition) is 2. The SMILES string of the molecule is CC1(Nc2ccccc2C(=O)O)CCC1. The van der Waals surface area contributed by atoms with Crippen molar-refractivity contribution < 1.29 is 9.90 Å². The fourth-order valence-electron chi connectivity index (χ4n) is 1.94. The summed E-state index contributed by atoms with van der Waals surface area (Å²) in [5.74, 6) is -0.874. The minimum atomic E-state index is -0.874. The lowest BCUT2D eigenvalue weighted by molar-refractivity contribution is 0.0697. The summed E-state index contributed by atoms with van der Waals surface area (Å²) >= 11 is 0. The highest BCUT2D eigenvalue weighted by Crippen LogP contribution is 2.35. The summed E-state index contributed by atoms with van der Waals surface area (Å²) in [4.78, 5) is 11.0. The third kappa shape index (κ3) is 1.96. The van der Waals surface area contributed by atoms with Gasteiger partial charge in [0.2, 0.25) is 0 Å². The third-order valence-electron chi connectivity index (χ3n) is 3.05. The van der Waals surface area contributed by atoms with Gasteiger partial charge in [-0.3, -0.25) is 0 Å². The van der Waals surface area contributed by atoms with Crippen LogP contribution in [0.1, 0.15) is 36.5 Å². The summed E-state index contributed by atoms with van der Waals surface area (Å²) in [5.41, 5.74) is 1.17. The maximum Gasteiger partial charge on any atom is 0.337 e. The van der Waals surface area contributed by atoms with Crippen molar-refractivity contribution in [3.8, 4) is 0 Å². The highest BCUT2D eigenvalue weighted by Gasteiger charge is 2.32. The lowest BCUT2D eigenvalue weighted by Gasteiger charge is -2.40. The number of carboxylic acids is 1. The van der Waals surface area contributed by atoms with E-state index in [1.807, 2.05) is 12.1 Å². The van der Waals surface area contributed by atoms with Crippen molar-refractivity contribution in [1.82, 2.24) is 0 Å². The van der Waals surface area contributed by atoms with E-state index in [2.05, 4.69) is 12.2 Å². The Bertz CT molecular complexity index is 383. The van der Waals surface area contributed by atoms with Crippen molar-refractivity contribution in [2.75, 3.05) is 5.32 Å². The van der Waals surface area contributed by atoms with Gasteiger partial charge in [0, 0.05) is 11.2 Å². The number of para-hydroxylation sites is 1. The Hall–Kier alpha value is -1.51. The molecular formula is C12H15NO2. The van der Waals surface area contributed by atoms with Gasteiger partial charge < -0.3 is 10.4 Å². The van der Waals surface area contributed by atoms with E-state index in [9.17, 15) is 4.79 Å². The lowest BCUT2D eigenvalue weighted by Crippen LogP contribution is -2.42. The molecule has 80 valence electrons. The standard InChI is InChI=1S/C12H15NO2/c1-12(7-4-8-12)13-10-6-3-2-5-9(10)11(14)15/h2-3,5-6,13H,4,7-8H2,1H3,(H,14,15). The van der Waals surface area contributed by atoms with Gasteiger partial charge in [0.25, 0.3) is 0 Å². The lowest BCUT2D eigenvalue weighted by atomic mass is 9.78. The smallest absolute Gasteiger partial charge is 0.337 e. The number of hydrogen-bond acceptors (Lipinski definition) is 2. The number of nitrogens with one attached hydrogen (secondary N) is 1. The van der Waals surface area contributed by atoms with Crippen LogP contribution in [0.5, 0.6) is 0 Å². The van der Waals surface area contributed by atoms with Crippen molar-refractivity contribution >= 4 is 11.7 Å². The van der Waals surface area contributed by atoms with Crippen LogP contribution in [-0.2, 0) is 0 Å². The van der Waals surface area contributed by atoms with Gasteiger partial charge in [0.15, 0.2) is 0 Å². The molecule has 1 aliphatic rings. The largest absolute Gasteiger partial charge is 0.478 e. The van der Waals surface area contributed by atoms with Gasteiger partial charge in [0.05, 0.1) is 5.56 Å². The van der Waals surface area contributed by atoms with Gasteiger partial charge in [-0.25, -0.2) is 4.79 Å². The van der Waals surface area contributed by atoms with Crippen LogP contribution >= 0.6 is 0 Å². The normalized spacial score (nSPS) is 17.9. The molecule has 3 nitrogen and oxygen atoms in total. The van der Waals surface area contributed by atoms with Gasteiger partial charge in [0.1, 0.15) is 0 Å². The van der Waals surface area contributed by atoms with E-state index < -0.39 is 5.97 Å². The molecule has 1 aromatic carbocycles. The average Bonchev–Trinajstić information content (AvgIpc) is 2.16. The topological polar surface area (TPSA) is 49.3 Å². The predicted octanol–water partition coefficient (Wildman–Crippen LogP) is 2.74. The summed E-state index contributed by atoms with van der Waals surface area (Å²) in [6.07, 6.45) is 3.45. The van der Waals surface area contributed by atoms with Crippen LogP contribution < -0.4 is 5.32 Å². The second-order valence-corrected chi connectivity index (χ2v) is 4.39. The van der Waals surface area contributed by atoms with Crippen LogP contribution in [0.25, 0.3) is 0 Å². The van der Waals surface area contributed by atoms with Crippen LogP contribution in [0, 0.1) is 0 Å². The van der Waals surface area contributed by atoms with Crippen LogP contribution in [0.2, 0.25) is 0 Å². The zero-order valence-electron chi connectivity index (χ0n) is 8.79. The molecule has 0 heterocycles. The van der Waals surface area contributed by atoms with E-state index in [-0.39, 0.29) is 5.54 Å². The van der Waals surface area contributed by atoms with Crippen molar-refractivity contribution in [3.05, 3.63) is 29.8 Å². The van der Waals surface area contributed by atoms with Crippen molar-refractivity contribution in [1.29, 1.82) is 0 Å². The van der Waals surface area contributed by atoms with Crippen LogP contribution in [0.15, 0.2) is 24.3 Å². The number of rotatable bonds is 3. The minimum absolute atomic E-state index is 0.0888. The molecule has 0 aromatic heterocycles. The molecule has 0 amide bonds. The first-order valence-corrected chi connectivity index (χ1v) is 5.21. The van der Waals surface area contributed by atoms with Gasteiger partial charge in [-0.1, -0.05) is 12.1 Å². The molecule has 1 aromatic rings. The number of benzene rings is 1. The van der Waals surface area contributed by atoms with E-state index in [0.717, 1.165) is 18.5 Å². The average molecular weight is 205 g/mol. The number of aromatic carboxylic acids is 1. The zero-order valence-corrected chi connectivity index (χ0v) is 8.79. The number of anilines is 1. The van der Waals surface area contributed by atoms with Crippen LogP contribution in [0.3, 0.4) is 0 Å². The van der Waals surface area contributed by atoms with Gasteiger partial charge in [-0.05, 0) is 38.3 Å². The Morgan fingerprint density at radius 1 is 1.40 bits per heavy atom. The molecule has 0 unspecified atom stereocenters. The van der Waals surface area contributed by atoms with Crippen molar-refractivity contribution in [3.63, 3.8) is 0 Å². The van der Waals surface area contributed by atoms with Crippen LogP contribution in [-0.4, -0.2) is 16.6 Å². The number of carbonyl (C=O) groups is 1. The molecule has 0 saturated heterocycles. The Balaban J connectivity index is 2.23. The molecule has 0 spiro atoms. The molecular weight excluding hydrogens is 190 g/mol. The predicted molar refractivity (Wildman–Crippen MR) is 59.3 cm³/mol. The highest BCUT2D eigenvalue weighted by molar-refractivity contribution is 5.94. The molecule has 1 saturated carbocycles. The number of carboxylic acid groups (broad SMARTS) is 1. The third-order valence-corrected chi connectivity index (χ3v) is 3.05. The maximum atomic E-state index is 11.0. The molecule has 1 fully saturated rings. The molecule has 2 N–H and O–H groups in total. The second kappa shape index (κ2) is 3.57. The molecule has 2 rings (SSSR count). The second-order valence-electron chi connectivity index (χ2n) is 4.39. The minimum Gasteiger partial charge on any atom is -0.478 e. The van der Waals surface area contributed by atoms with E-state index in [4.69, 9.17) is 5.11 Å². The molecule has 0 atom stereocenters. The monoisotopic (exact) mass is 205 g/mol. The molecule has 3 heteroatoms. The molecule has 0 aliphatic heterocycles. The Kier molecular flexibility index (Phi) is 2.39. The van der Waals surface area contributed by atoms with Gasteiger partial charge >= 0.3 is 5.97 Å². The first-order valence-electron chi connectivity index (χ1n) is 5.21. The first-order chi connectivity index (χ1) is 7.11. The summed E-state index contributed by atoms with van der Waals surface area (Å²) < 4.78 is 0.